The molecule has 31 heavy (non-hydrogen) atoms. The summed E-state index contributed by atoms with van der Waals surface area (Å²) in [7, 11) is 0. The number of imidazole rings is 1. The zero-order chi connectivity index (χ0) is 22.1. The first-order valence-electron chi connectivity index (χ1n) is 9.31. The van der Waals surface area contributed by atoms with Crippen molar-refractivity contribution in [3.63, 3.8) is 0 Å². The summed E-state index contributed by atoms with van der Waals surface area (Å²) in [6.45, 7) is 1.91. The van der Waals surface area contributed by atoms with Crippen molar-refractivity contribution in [1.82, 2.24) is 30.2 Å². The molecular weight excluding hydrogens is 422 g/mol. The summed E-state index contributed by atoms with van der Waals surface area (Å²) in [5.74, 6) is -1.80. The lowest BCUT2D eigenvalue weighted by molar-refractivity contribution is -0.139. The quantitative estimate of drug-likeness (QED) is 0.249. The molecule has 7 N–H and O–H groups in total. The van der Waals surface area contributed by atoms with Crippen LogP contribution in [0, 0.1) is 0 Å². The van der Waals surface area contributed by atoms with Crippen molar-refractivity contribution < 1.29 is 14.7 Å². The molecule has 0 fully saturated rings. The number of aromatic amines is 3. The maximum Gasteiger partial charge on any atom is 0.326 e. The van der Waals surface area contributed by atoms with E-state index < -0.39 is 17.9 Å². The number of aromatic nitrogens is 5. The molecule has 12 heteroatoms. The summed E-state index contributed by atoms with van der Waals surface area (Å²) in [6, 6.07) is 2.32. The molecule has 0 aliphatic carbocycles. The molecule has 4 heterocycles. The first-order valence-corrected chi connectivity index (χ1v) is 10.1. The molecular formula is C19H19N7O4S. The largest absolute Gasteiger partial charge is 0.480 e. The second-order valence-electron chi connectivity index (χ2n) is 6.99. The van der Waals surface area contributed by atoms with E-state index >= 15 is 0 Å². The predicted molar refractivity (Wildman–Crippen MR) is 114 cm³/mol. The Morgan fingerprint density at radius 2 is 2.13 bits per heavy atom. The van der Waals surface area contributed by atoms with E-state index in [9.17, 15) is 19.5 Å². The molecule has 0 saturated heterocycles. The second-order valence-corrected chi connectivity index (χ2v) is 8.10. The number of amides is 1. The highest BCUT2D eigenvalue weighted by Gasteiger charge is 2.24. The van der Waals surface area contributed by atoms with Crippen LogP contribution in [-0.2, 0) is 11.2 Å². The van der Waals surface area contributed by atoms with E-state index in [1.807, 2.05) is 6.92 Å². The van der Waals surface area contributed by atoms with Crippen molar-refractivity contribution in [1.29, 1.82) is 0 Å². The van der Waals surface area contributed by atoms with Crippen LogP contribution in [0.15, 0.2) is 35.6 Å². The van der Waals surface area contributed by atoms with Gasteiger partial charge in [0.2, 0.25) is 5.95 Å². The number of aliphatic carboxylic acids is 1. The highest BCUT2D eigenvalue weighted by Crippen LogP contribution is 2.32. The number of hydrogen-bond acceptors (Lipinski definition) is 7. The number of nitrogens with two attached hydrogens (primary N) is 1. The number of nitrogens with zero attached hydrogens (tertiary/aromatic N) is 2. The highest BCUT2D eigenvalue weighted by atomic mass is 32.1. The molecule has 0 spiro atoms. The predicted octanol–water partition coefficient (Wildman–Crippen LogP) is 1.20. The minimum atomic E-state index is -1.14. The molecule has 0 aliphatic heterocycles. The fourth-order valence-corrected chi connectivity index (χ4v) is 4.31. The SMILES string of the molecule is CC(c1ccc(C(=O)N[C@@H](Cc2cnc[nH]2)C(=O)O)s1)c1c[nH]c2nc(N)[nH]c(=O)c12. The van der Waals surface area contributed by atoms with Gasteiger partial charge in [0.05, 0.1) is 16.6 Å². The molecule has 160 valence electrons. The number of hydrogen-bond donors (Lipinski definition) is 6. The van der Waals surface area contributed by atoms with E-state index in [-0.39, 0.29) is 23.8 Å². The third-order valence-corrected chi connectivity index (χ3v) is 6.18. The minimum absolute atomic E-state index is 0.0248. The van der Waals surface area contributed by atoms with Crippen LogP contribution in [0.1, 0.15) is 38.6 Å². The smallest absolute Gasteiger partial charge is 0.326 e. The molecule has 0 bridgehead atoms. The zero-order valence-corrected chi connectivity index (χ0v) is 17.1. The molecule has 0 aliphatic rings. The van der Waals surface area contributed by atoms with E-state index in [4.69, 9.17) is 5.73 Å². The number of carboxylic acid groups (broad SMARTS) is 1. The molecule has 2 atom stereocenters. The van der Waals surface area contributed by atoms with E-state index in [1.165, 1.54) is 23.9 Å². The number of carboxylic acids is 1. The third kappa shape index (κ3) is 4.05. The normalized spacial score (nSPS) is 13.2. The first-order chi connectivity index (χ1) is 14.8. The van der Waals surface area contributed by atoms with Crippen LogP contribution in [0.25, 0.3) is 11.0 Å². The number of thiophene rings is 1. The lowest BCUT2D eigenvalue weighted by atomic mass is 10.0. The molecule has 1 amide bonds. The Balaban J connectivity index is 1.54. The Hall–Kier alpha value is -3.93. The number of nitrogens with one attached hydrogen (secondary N) is 4. The standard InChI is InChI=1S/C19H19N7O4S/c1-8(10-6-22-15-14(10)17(28)26-19(20)25-15)12-2-3-13(31-12)16(27)24-11(18(29)30)4-9-5-21-7-23-9/h2-3,5-8,11H,4H2,1H3,(H,21,23)(H,24,27)(H,29,30)(H4,20,22,25,26,28)/t8?,11-/m0/s1. The maximum atomic E-state index is 12.6. The van der Waals surface area contributed by atoms with Crippen LogP contribution >= 0.6 is 11.3 Å². The number of carbonyl (C=O) groups excluding carboxylic acids is 1. The van der Waals surface area contributed by atoms with Gasteiger partial charge in [-0.25, -0.2) is 9.78 Å². The van der Waals surface area contributed by atoms with Gasteiger partial charge in [0.1, 0.15) is 11.7 Å². The van der Waals surface area contributed by atoms with Gasteiger partial charge in [-0.1, -0.05) is 6.92 Å². The Bertz CT molecular complexity index is 1300. The fraction of sp³-hybridized carbons (Fsp3) is 0.211. The molecule has 4 rings (SSSR count). The number of fused-ring (bicyclic) bond motifs is 1. The molecule has 4 aromatic rings. The Labute approximate surface area is 178 Å². The van der Waals surface area contributed by atoms with E-state index in [2.05, 4.69) is 30.2 Å². The molecule has 0 saturated carbocycles. The van der Waals surface area contributed by atoms with E-state index in [0.717, 1.165) is 10.4 Å². The highest BCUT2D eigenvalue weighted by molar-refractivity contribution is 7.14. The number of anilines is 1. The Morgan fingerprint density at radius 1 is 1.32 bits per heavy atom. The van der Waals surface area contributed by atoms with Crippen molar-refractivity contribution in [2.75, 3.05) is 5.73 Å². The summed E-state index contributed by atoms with van der Waals surface area (Å²) < 4.78 is 0. The molecule has 0 radical (unpaired) electrons. The van der Waals surface area contributed by atoms with Gasteiger partial charge in [0.25, 0.3) is 11.5 Å². The van der Waals surface area contributed by atoms with Gasteiger partial charge in [-0.2, -0.15) is 4.98 Å². The third-order valence-electron chi connectivity index (χ3n) is 4.92. The van der Waals surface area contributed by atoms with Crippen molar-refractivity contribution >= 4 is 40.2 Å². The van der Waals surface area contributed by atoms with Crippen LogP contribution < -0.4 is 16.6 Å². The summed E-state index contributed by atoms with van der Waals surface area (Å²) in [4.78, 5) is 53.9. The van der Waals surface area contributed by atoms with E-state index in [0.29, 0.717) is 21.6 Å². The maximum absolute atomic E-state index is 12.6. The summed E-state index contributed by atoms with van der Waals surface area (Å²) in [5, 5.41) is 12.4. The van der Waals surface area contributed by atoms with Gasteiger partial charge < -0.3 is 26.1 Å². The van der Waals surface area contributed by atoms with Gasteiger partial charge in [-0.15, -0.1) is 11.3 Å². The molecule has 4 aromatic heterocycles. The van der Waals surface area contributed by atoms with Crippen LogP contribution in [-0.4, -0.2) is 47.9 Å². The molecule has 11 nitrogen and oxygen atoms in total. The monoisotopic (exact) mass is 441 g/mol. The fourth-order valence-electron chi connectivity index (χ4n) is 3.33. The van der Waals surface area contributed by atoms with Crippen molar-refractivity contribution in [2.45, 2.75) is 25.3 Å². The lowest BCUT2D eigenvalue weighted by Crippen LogP contribution is -2.42. The number of rotatable bonds is 7. The number of H-pyrrole nitrogens is 3. The van der Waals surface area contributed by atoms with Gasteiger partial charge in [0, 0.05) is 35.3 Å². The first kappa shape index (κ1) is 20.3. The minimum Gasteiger partial charge on any atom is -0.480 e. The van der Waals surface area contributed by atoms with Gasteiger partial charge >= 0.3 is 5.97 Å². The Kier molecular flexibility index (Phi) is 5.29. The zero-order valence-electron chi connectivity index (χ0n) is 16.3. The average Bonchev–Trinajstić information content (AvgIpc) is 3.47. The van der Waals surface area contributed by atoms with Crippen molar-refractivity contribution in [3.8, 4) is 0 Å². The second kappa shape index (κ2) is 8.07. The number of carbonyl (C=O) groups is 2. The molecule has 1 unspecified atom stereocenters. The van der Waals surface area contributed by atoms with Crippen molar-refractivity contribution in [3.05, 3.63) is 62.2 Å². The lowest BCUT2D eigenvalue weighted by Gasteiger charge is -2.13. The number of nitrogen functional groups attached to an aromatic ring is 1. The van der Waals surface area contributed by atoms with Gasteiger partial charge in [-0.3, -0.25) is 14.6 Å². The summed E-state index contributed by atoms with van der Waals surface area (Å²) >= 11 is 1.23. The van der Waals surface area contributed by atoms with Gasteiger partial charge in [0.15, 0.2) is 0 Å². The summed E-state index contributed by atoms with van der Waals surface area (Å²) in [5.41, 5.74) is 6.96. The Morgan fingerprint density at radius 3 is 2.84 bits per heavy atom. The summed E-state index contributed by atoms with van der Waals surface area (Å²) in [6.07, 6.45) is 4.74. The van der Waals surface area contributed by atoms with Crippen LogP contribution in [0.2, 0.25) is 0 Å². The van der Waals surface area contributed by atoms with Crippen LogP contribution in [0.3, 0.4) is 0 Å². The molecule has 0 aromatic carbocycles. The van der Waals surface area contributed by atoms with Gasteiger partial charge in [-0.05, 0) is 17.7 Å². The van der Waals surface area contributed by atoms with Crippen molar-refractivity contribution in [2.24, 2.45) is 0 Å². The van der Waals surface area contributed by atoms with E-state index in [1.54, 1.807) is 18.3 Å². The topological polar surface area (TPSA) is 183 Å². The van der Waals surface area contributed by atoms with Crippen LogP contribution in [0.5, 0.6) is 0 Å². The van der Waals surface area contributed by atoms with Crippen LogP contribution in [0.4, 0.5) is 5.95 Å². The average molecular weight is 441 g/mol.